The molecular weight excluding hydrogens is 366 g/mol. The predicted molar refractivity (Wildman–Crippen MR) is 106 cm³/mol. The summed E-state index contributed by atoms with van der Waals surface area (Å²) < 4.78 is 10.7. The van der Waals surface area contributed by atoms with Crippen LogP contribution in [-0.2, 0) is 14.3 Å². The van der Waals surface area contributed by atoms with Crippen molar-refractivity contribution in [3.8, 4) is 5.75 Å². The molecule has 0 aliphatic heterocycles. The Morgan fingerprint density at radius 3 is 2.59 bits per heavy atom. The van der Waals surface area contributed by atoms with E-state index < -0.39 is 5.97 Å². The smallest absolute Gasteiger partial charge is 0.344 e. The Hall–Kier alpha value is -1.75. The van der Waals surface area contributed by atoms with E-state index in [1.165, 1.54) is 6.42 Å². The minimum Gasteiger partial charge on any atom is -0.482 e. The fourth-order valence-corrected chi connectivity index (χ4v) is 3.52. The molecule has 0 bridgehead atoms. The largest absolute Gasteiger partial charge is 0.482 e. The van der Waals surface area contributed by atoms with Gasteiger partial charge in [0.2, 0.25) is 0 Å². The lowest BCUT2D eigenvalue weighted by Crippen LogP contribution is -2.43. The summed E-state index contributed by atoms with van der Waals surface area (Å²) in [6, 6.07) is 3.86. The van der Waals surface area contributed by atoms with Crippen LogP contribution in [0.15, 0.2) is 12.1 Å². The number of benzene rings is 1. The highest BCUT2D eigenvalue weighted by Gasteiger charge is 2.23. The van der Waals surface area contributed by atoms with E-state index in [0.717, 1.165) is 30.4 Å². The van der Waals surface area contributed by atoms with Crippen molar-refractivity contribution in [1.82, 2.24) is 5.32 Å². The van der Waals surface area contributed by atoms with Crippen molar-refractivity contribution in [3.05, 3.63) is 28.3 Å². The first-order valence-electron chi connectivity index (χ1n) is 9.65. The standard InChI is InChI=1S/C21H30ClNO4/c1-13(2)16-10-17(22)15(4)9-19(16)26-12-21(25)27-11-20(24)23-18-8-6-5-7-14(18)3/h9-10,13-14,18H,5-8,11-12H2,1-4H3,(H,23,24)/t14-,18-/m1/s1. The maximum atomic E-state index is 12.0. The molecule has 0 saturated heterocycles. The van der Waals surface area contributed by atoms with Crippen LogP contribution in [0.1, 0.15) is 63.5 Å². The number of hydrogen-bond acceptors (Lipinski definition) is 4. The SMILES string of the molecule is Cc1cc(OCC(=O)OCC(=O)N[C@@H]2CCCC[C@H]2C)c(C(C)C)cc1Cl. The van der Waals surface area contributed by atoms with Crippen LogP contribution in [0.3, 0.4) is 0 Å². The maximum Gasteiger partial charge on any atom is 0.344 e. The summed E-state index contributed by atoms with van der Waals surface area (Å²) in [5.41, 5.74) is 1.81. The zero-order valence-electron chi connectivity index (χ0n) is 16.6. The van der Waals surface area contributed by atoms with Gasteiger partial charge in [0.25, 0.3) is 5.91 Å². The van der Waals surface area contributed by atoms with E-state index in [0.29, 0.717) is 16.7 Å². The van der Waals surface area contributed by atoms with Gasteiger partial charge in [0.15, 0.2) is 13.2 Å². The molecule has 5 nitrogen and oxygen atoms in total. The Balaban J connectivity index is 1.81. The molecule has 0 radical (unpaired) electrons. The minimum absolute atomic E-state index is 0.173. The number of ether oxygens (including phenoxy) is 2. The number of carbonyl (C=O) groups is 2. The third-order valence-electron chi connectivity index (χ3n) is 5.08. The molecule has 1 amide bonds. The maximum absolute atomic E-state index is 12.0. The molecule has 1 fully saturated rings. The number of carbonyl (C=O) groups excluding carboxylic acids is 2. The van der Waals surface area contributed by atoms with Gasteiger partial charge >= 0.3 is 5.97 Å². The summed E-state index contributed by atoms with van der Waals surface area (Å²) >= 11 is 6.18. The molecular formula is C21H30ClNO4. The Bertz CT molecular complexity index is 674. The zero-order valence-corrected chi connectivity index (χ0v) is 17.4. The Morgan fingerprint density at radius 1 is 1.22 bits per heavy atom. The van der Waals surface area contributed by atoms with E-state index in [1.54, 1.807) is 0 Å². The number of aryl methyl sites for hydroxylation is 1. The summed E-state index contributed by atoms with van der Waals surface area (Å²) in [5.74, 6) is 0.461. The topological polar surface area (TPSA) is 64.6 Å². The Kier molecular flexibility index (Phi) is 7.96. The molecule has 6 heteroatoms. The second-order valence-corrected chi connectivity index (χ2v) is 8.09. The zero-order chi connectivity index (χ0) is 20.0. The lowest BCUT2D eigenvalue weighted by atomic mass is 9.86. The molecule has 2 atom stereocenters. The monoisotopic (exact) mass is 395 g/mol. The fraction of sp³-hybridized carbons (Fsp3) is 0.619. The number of halogens is 1. The van der Waals surface area contributed by atoms with E-state index in [9.17, 15) is 9.59 Å². The third kappa shape index (κ3) is 6.42. The third-order valence-corrected chi connectivity index (χ3v) is 5.49. The lowest BCUT2D eigenvalue weighted by Gasteiger charge is -2.29. The molecule has 1 aromatic rings. The summed E-state index contributed by atoms with van der Waals surface area (Å²) in [7, 11) is 0. The van der Waals surface area contributed by atoms with Gasteiger partial charge in [-0.3, -0.25) is 4.79 Å². The lowest BCUT2D eigenvalue weighted by molar-refractivity contribution is -0.150. The molecule has 1 N–H and O–H groups in total. The van der Waals surface area contributed by atoms with Gasteiger partial charge in [-0.2, -0.15) is 0 Å². The van der Waals surface area contributed by atoms with Crippen molar-refractivity contribution in [1.29, 1.82) is 0 Å². The first-order chi connectivity index (χ1) is 12.8. The van der Waals surface area contributed by atoms with Gasteiger partial charge in [-0.15, -0.1) is 0 Å². The van der Waals surface area contributed by atoms with Crippen molar-refractivity contribution in [2.24, 2.45) is 5.92 Å². The number of nitrogens with one attached hydrogen (secondary N) is 1. The molecule has 0 spiro atoms. The first kappa shape index (κ1) is 21.5. The van der Waals surface area contributed by atoms with Crippen molar-refractivity contribution in [3.63, 3.8) is 0 Å². The molecule has 27 heavy (non-hydrogen) atoms. The van der Waals surface area contributed by atoms with Crippen LogP contribution in [0.2, 0.25) is 5.02 Å². The molecule has 2 rings (SSSR count). The molecule has 1 aliphatic rings. The van der Waals surface area contributed by atoms with Gasteiger partial charge in [-0.25, -0.2) is 4.79 Å². The quantitative estimate of drug-likeness (QED) is 0.695. The van der Waals surface area contributed by atoms with Gasteiger partial charge in [0, 0.05) is 11.1 Å². The van der Waals surface area contributed by atoms with E-state index in [2.05, 4.69) is 12.2 Å². The van der Waals surface area contributed by atoms with Crippen LogP contribution in [0.5, 0.6) is 5.75 Å². The van der Waals surface area contributed by atoms with E-state index >= 15 is 0 Å². The van der Waals surface area contributed by atoms with Crippen molar-refractivity contribution < 1.29 is 19.1 Å². The average molecular weight is 396 g/mol. The van der Waals surface area contributed by atoms with Gasteiger partial charge in [0.1, 0.15) is 5.75 Å². The second kappa shape index (κ2) is 9.98. The highest BCUT2D eigenvalue weighted by Crippen LogP contribution is 2.32. The summed E-state index contributed by atoms with van der Waals surface area (Å²) in [6.07, 6.45) is 4.44. The molecule has 1 saturated carbocycles. The summed E-state index contributed by atoms with van der Waals surface area (Å²) in [4.78, 5) is 24.0. The van der Waals surface area contributed by atoms with Gasteiger partial charge in [-0.1, -0.05) is 45.2 Å². The predicted octanol–water partition coefficient (Wildman–Crippen LogP) is 4.39. The van der Waals surface area contributed by atoms with Crippen LogP contribution in [-0.4, -0.2) is 31.1 Å². The summed E-state index contributed by atoms with van der Waals surface area (Å²) in [6.45, 7) is 7.57. The van der Waals surface area contributed by atoms with Gasteiger partial charge < -0.3 is 14.8 Å². The molecule has 1 aromatic carbocycles. The van der Waals surface area contributed by atoms with Gasteiger partial charge in [0.05, 0.1) is 0 Å². The molecule has 0 unspecified atom stereocenters. The normalized spacial score (nSPS) is 19.6. The van der Waals surface area contributed by atoms with Gasteiger partial charge in [-0.05, 0) is 54.9 Å². The Labute approximate surface area is 166 Å². The van der Waals surface area contributed by atoms with Crippen LogP contribution in [0.25, 0.3) is 0 Å². The van der Waals surface area contributed by atoms with Crippen molar-refractivity contribution in [2.45, 2.75) is 65.3 Å². The molecule has 0 heterocycles. The number of hydrogen-bond donors (Lipinski definition) is 1. The summed E-state index contributed by atoms with van der Waals surface area (Å²) in [5, 5.41) is 3.63. The average Bonchev–Trinajstić information content (AvgIpc) is 2.62. The molecule has 1 aliphatic carbocycles. The van der Waals surface area contributed by atoms with Crippen molar-refractivity contribution in [2.75, 3.05) is 13.2 Å². The molecule has 150 valence electrons. The molecule has 0 aromatic heterocycles. The van der Waals surface area contributed by atoms with Crippen LogP contribution >= 0.6 is 11.6 Å². The highest BCUT2D eigenvalue weighted by molar-refractivity contribution is 6.31. The van der Waals surface area contributed by atoms with Crippen LogP contribution < -0.4 is 10.1 Å². The first-order valence-corrected chi connectivity index (χ1v) is 10.0. The Morgan fingerprint density at radius 2 is 1.93 bits per heavy atom. The van der Waals surface area contributed by atoms with E-state index in [4.69, 9.17) is 21.1 Å². The highest BCUT2D eigenvalue weighted by atomic mass is 35.5. The van der Waals surface area contributed by atoms with Crippen molar-refractivity contribution >= 4 is 23.5 Å². The van der Waals surface area contributed by atoms with E-state index in [1.807, 2.05) is 32.9 Å². The number of esters is 1. The second-order valence-electron chi connectivity index (χ2n) is 7.68. The minimum atomic E-state index is -0.566. The number of rotatable bonds is 7. The number of amides is 1. The van der Waals surface area contributed by atoms with Crippen LogP contribution in [0.4, 0.5) is 0 Å². The fourth-order valence-electron chi connectivity index (χ4n) is 3.35. The van der Waals surface area contributed by atoms with Crippen LogP contribution in [0, 0.1) is 12.8 Å². The van der Waals surface area contributed by atoms with E-state index in [-0.39, 0.29) is 31.1 Å².